The Bertz CT molecular complexity index is 354. The fraction of sp³-hybridized carbons (Fsp3) is 0.400. The number of nitrogen functional groups attached to an aromatic ring is 1. The number of nitrogens with two attached hydrogens (primary N) is 2. The number of hydrogen-bond donors (Lipinski definition) is 2. The van der Waals surface area contributed by atoms with Crippen molar-refractivity contribution in [3.05, 3.63) is 24.0 Å². The fourth-order valence-electron chi connectivity index (χ4n) is 1.85. The summed E-state index contributed by atoms with van der Waals surface area (Å²) in [6, 6.07) is 3.55. The molecular formula is C10H13N3O. The van der Waals surface area contributed by atoms with E-state index in [-0.39, 0.29) is 5.91 Å². The van der Waals surface area contributed by atoms with E-state index in [2.05, 4.69) is 4.98 Å². The number of amides is 1. The molecular weight excluding hydrogens is 178 g/mol. The Balaban J connectivity index is 2.37. The highest BCUT2D eigenvalue weighted by molar-refractivity contribution is 5.87. The molecule has 1 aromatic heterocycles. The van der Waals surface area contributed by atoms with Crippen molar-refractivity contribution in [2.75, 3.05) is 5.73 Å². The predicted molar refractivity (Wildman–Crippen MR) is 53.4 cm³/mol. The summed E-state index contributed by atoms with van der Waals surface area (Å²) < 4.78 is 0. The molecule has 0 bridgehead atoms. The number of carbonyl (C=O) groups excluding carboxylic acids is 1. The predicted octanol–water partition coefficient (Wildman–Crippen LogP) is 0.571. The van der Waals surface area contributed by atoms with Crippen LogP contribution in [-0.4, -0.2) is 10.9 Å². The average Bonchev–Trinajstić information content (AvgIpc) is 2.05. The Kier molecular flexibility index (Phi) is 1.91. The van der Waals surface area contributed by atoms with Crippen LogP contribution in [-0.2, 0) is 10.2 Å². The Hall–Kier alpha value is -1.58. The summed E-state index contributed by atoms with van der Waals surface area (Å²) in [5, 5.41) is 0. The SMILES string of the molecule is NC(=O)C1(c2ccc(N)cn2)CCC1. The van der Waals surface area contributed by atoms with Gasteiger partial charge in [-0.05, 0) is 25.0 Å². The minimum Gasteiger partial charge on any atom is -0.397 e. The molecule has 4 nitrogen and oxygen atoms in total. The van der Waals surface area contributed by atoms with Crippen LogP contribution in [0.25, 0.3) is 0 Å². The molecule has 1 aliphatic rings. The zero-order chi connectivity index (χ0) is 10.2. The standard InChI is InChI=1S/C10H13N3O/c11-7-2-3-8(13-6-7)10(9(12)14)4-1-5-10/h2-3,6H,1,4-5,11H2,(H2,12,14). The van der Waals surface area contributed by atoms with Crippen molar-refractivity contribution in [3.63, 3.8) is 0 Å². The van der Waals surface area contributed by atoms with Gasteiger partial charge in [-0.2, -0.15) is 0 Å². The first-order chi connectivity index (χ1) is 6.65. The van der Waals surface area contributed by atoms with Crippen LogP contribution in [0.2, 0.25) is 0 Å². The Morgan fingerprint density at radius 1 is 1.43 bits per heavy atom. The van der Waals surface area contributed by atoms with Crippen LogP contribution in [0.4, 0.5) is 5.69 Å². The van der Waals surface area contributed by atoms with Crippen molar-refractivity contribution < 1.29 is 4.79 Å². The molecule has 0 saturated heterocycles. The monoisotopic (exact) mass is 191 g/mol. The summed E-state index contributed by atoms with van der Waals surface area (Å²) >= 11 is 0. The highest BCUT2D eigenvalue weighted by Gasteiger charge is 2.45. The number of carbonyl (C=O) groups is 1. The minimum absolute atomic E-state index is 0.277. The second-order valence-electron chi connectivity index (χ2n) is 3.78. The maximum Gasteiger partial charge on any atom is 0.229 e. The number of rotatable bonds is 2. The smallest absolute Gasteiger partial charge is 0.229 e. The minimum atomic E-state index is -0.520. The summed E-state index contributed by atoms with van der Waals surface area (Å²) in [5.41, 5.74) is 11.8. The number of anilines is 1. The highest BCUT2D eigenvalue weighted by Crippen LogP contribution is 2.42. The van der Waals surface area contributed by atoms with Crippen LogP contribution in [0.5, 0.6) is 0 Å². The van der Waals surface area contributed by atoms with Gasteiger partial charge in [0.1, 0.15) is 0 Å². The van der Waals surface area contributed by atoms with E-state index >= 15 is 0 Å². The van der Waals surface area contributed by atoms with E-state index in [0.29, 0.717) is 5.69 Å². The molecule has 0 atom stereocenters. The van der Waals surface area contributed by atoms with Crippen molar-refractivity contribution in [1.29, 1.82) is 0 Å². The van der Waals surface area contributed by atoms with Crippen LogP contribution in [0.3, 0.4) is 0 Å². The lowest BCUT2D eigenvalue weighted by Gasteiger charge is -2.38. The lowest BCUT2D eigenvalue weighted by atomic mass is 9.66. The van der Waals surface area contributed by atoms with Crippen molar-refractivity contribution >= 4 is 11.6 Å². The summed E-state index contributed by atoms with van der Waals surface area (Å²) in [6.45, 7) is 0. The van der Waals surface area contributed by atoms with E-state index in [9.17, 15) is 4.79 Å². The number of primary amides is 1. The van der Waals surface area contributed by atoms with E-state index in [4.69, 9.17) is 11.5 Å². The van der Waals surface area contributed by atoms with E-state index in [1.165, 1.54) is 0 Å². The molecule has 1 aliphatic carbocycles. The topological polar surface area (TPSA) is 82.0 Å². The van der Waals surface area contributed by atoms with Gasteiger partial charge in [0.05, 0.1) is 23.0 Å². The van der Waals surface area contributed by atoms with Crippen molar-refractivity contribution in [2.45, 2.75) is 24.7 Å². The van der Waals surface area contributed by atoms with Crippen molar-refractivity contribution in [1.82, 2.24) is 4.98 Å². The largest absolute Gasteiger partial charge is 0.397 e. The van der Waals surface area contributed by atoms with E-state index < -0.39 is 5.41 Å². The first-order valence-corrected chi connectivity index (χ1v) is 4.67. The van der Waals surface area contributed by atoms with E-state index in [0.717, 1.165) is 25.0 Å². The molecule has 0 aliphatic heterocycles. The Morgan fingerprint density at radius 3 is 2.50 bits per heavy atom. The zero-order valence-corrected chi connectivity index (χ0v) is 7.86. The maximum absolute atomic E-state index is 11.3. The summed E-state index contributed by atoms with van der Waals surface area (Å²) in [6.07, 6.45) is 4.21. The van der Waals surface area contributed by atoms with Crippen molar-refractivity contribution in [2.24, 2.45) is 5.73 Å². The van der Waals surface area contributed by atoms with Gasteiger partial charge in [0.25, 0.3) is 0 Å². The fourth-order valence-corrected chi connectivity index (χ4v) is 1.85. The number of pyridine rings is 1. The molecule has 0 radical (unpaired) electrons. The van der Waals surface area contributed by atoms with Crippen LogP contribution in [0.15, 0.2) is 18.3 Å². The van der Waals surface area contributed by atoms with Gasteiger partial charge in [0.15, 0.2) is 0 Å². The molecule has 1 fully saturated rings. The molecule has 14 heavy (non-hydrogen) atoms. The molecule has 0 spiro atoms. The first-order valence-electron chi connectivity index (χ1n) is 4.67. The molecule has 1 amide bonds. The third kappa shape index (κ3) is 1.14. The molecule has 0 aromatic carbocycles. The maximum atomic E-state index is 11.3. The van der Waals surface area contributed by atoms with E-state index in [1.807, 2.05) is 0 Å². The lowest BCUT2D eigenvalue weighted by Crippen LogP contribution is -2.47. The molecule has 1 saturated carbocycles. The van der Waals surface area contributed by atoms with Gasteiger partial charge in [-0.25, -0.2) is 0 Å². The summed E-state index contributed by atoms with van der Waals surface area (Å²) in [4.78, 5) is 15.5. The second kappa shape index (κ2) is 2.97. The van der Waals surface area contributed by atoms with Gasteiger partial charge in [0, 0.05) is 0 Å². The van der Waals surface area contributed by atoms with Crippen LogP contribution in [0.1, 0.15) is 25.0 Å². The third-order valence-corrected chi connectivity index (χ3v) is 2.96. The van der Waals surface area contributed by atoms with Gasteiger partial charge >= 0.3 is 0 Å². The molecule has 74 valence electrons. The number of aromatic nitrogens is 1. The van der Waals surface area contributed by atoms with Crippen molar-refractivity contribution in [3.8, 4) is 0 Å². The van der Waals surface area contributed by atoms with Gasteiger partial charge in [-0.15, -0.1) is 0 Å². The number of hydrogen-bond acceptors (Lipinski definition) is 3. The first kappa shape index (κ1) is 8.99. The van der Waals surface area contributed by atoms with Gasteiger partial charge in [0.2, 0.25) is 5.91 Å². The summed E-state index contributed by atoms with van der Waals surface area (Å²) in [5.74, 6) is -0.277. The normalized spacial score (nSPS) is 18.6. The quantitative estimate of drug-likeness (QED) is 0.717. The van der Waals surface area contributed by atoms with Crippen LogP contribution < -0.4 is 11.5 Å². The van der Waals surface area contributed by atoms with Gasteiger partial charge < -0.3 is 11.5 Å². The second-order valence-corrected chi connectivity index (χ2v) is 3.78. The van der Waals surface area contributed by atoms with Crippen LogP contribution >= 0.6 is 0 Å². The highest BCUT2D eigenvalue weighted by atomic mass is 16.1. The molecule has 2 rings (SSSR count). The zero-order valence-electron chi connectivity index (χ0n) is 7.86. The van der Waals surface area contributed by atoms with E-state index in [1.54, 1.807) is 18.3 Å². The molecule has 1 aromatic rings. The third-order valence-electron chi connectivity index (χ3n) is 2.96. The van der Waals surface area contributed by atoms with Crippen LogP contribution in [0, 0.1) is 0 Å². The lowest BCUT2D eigenvalue weighted by molar-refractivity contribution is -0.126. The average molecular weight is 191 g/mol. The Labute approximate surface area is 82.3 Å². The molecule has 4 N–H and O–H groups in total. The summed E-state index contributed by atoms with van der Waals surface area (Å²) in [7, 11) is 0. The van der Waals surface area contributed by atoms with Gasteiger partial charge in [-0.1, -0.05) is 6.42 Å². The number of nitrogens with zero attached hydrogens (tertiary/aromatic N) is 1. The Morgan fingerprint density at radius 2 is 2.14 bits per heavy atom. The molecule has 1 heterocycles. The molecule has 0 unspecified atom stereocenters. The van der Waals surface area contributed by atoms with Gasteiger partial charge in [-0.3, -0.25) is 9.78 Å². The molecule has 4 heteroatoms.